The van der Waals surface area contributed by atoms with Gasteiger partial charge < -0.3 is 25.2 Å². The normalized spacial score (nSPS) is 28.7. The van der Waals surface area contributed by atoms with Crippen LogP contribution in [0.3, 0.4) is 0 Å². The minimum absolute atomic E-state index is 0.0751. The Hall–Kier alpha value is -1.59. The van der Waals surface area contributed by atoms with Gasteiger partial charge in [0, 0.05) is 11.8 Å². The summed E-state index contributed by atoms with van der Waals surface area (Å²) in [5.41, 5.74) is -0.723. The predicted octanol–water partition coefficient (Wildman–Crippen LogP) is -1.86. The number of rotatable bonds is 4. The van der Waals surface area contributed by atoms with E-state index in [1.54, 1.807) is 0 Å². The summed E-state index contributed by atoms with van der Waals surface area (Å²) >= 11 is 4.94. The van der Waals surface area contributed by atoms with Crippen molar-refractivity contribution in [3.05, 3.63) is 26.9 Å². The van der Waals surface area contributed by atoms with Crippen molar-refractivity contribution >= 4 is 18.2 Å². The summed E-state index contributed by atoms with van der Waals surface area (Å²) in [6.07, 6.45) is -4.19. The fourth-order valence-electron chi connectivity index (χ4n) is 2.11. The summed E-state index contributed by atoms with van der Waals surface area (Å²) in [6, 6.07) is 0. The summed E-state index contributed by atoms with van der Waals surface area (Å²) in [5.74, 6) is -1.20. The SMILES string of the molecule is O=C(O)Cc1cn(C2OC(CO)C(O)C2O)c(=S)[nH]c1=O. The third kappa shape index (κ3) is 3.04. The van der Waals surface area contributed by atoms with Gasteiger partial charge in [-0.25, -0.2) is 0 Å². The Bertz CT molecular complexity index is 655. The van der Waals surface area contributed by atoms with Gasteiger partial charge in [0.15, 0.2) is 11.0 Å². The molecule has 1 aliphatic rings. The lowest BCUT2D eigenvalue weighted by molar-refractivity contribution is -0.136. The van der Waals surface area contributed by atoms with Crippen LogP contribution < -0.4 is 5.56 Å². The van der Waals surface area contributed by atoms with Crippen molar-refractivity contribution < 1.29 is 30.0 Å². The van der Waals surface area contributed by atoms with Gasteiger partial charge in [-0.15, -0.1) is 0 Å². The maximum atomic E-state index is 11.6. The maximum Gasteiger partial charge on any atom is 0.308 e. The molecule has 0 bridgehead atoms. The quantitative estimate of drug-likeness (QED) is 0.407. The van der Waals surface area contributed by atoms with Crippen LogP contribution in [0.5, 0.6) is 0 Å². The van der Waals surface area contributed by atoms with E-state index >= 15 is 0 Å². The van der Waals surface area contributed by atoms with Crippen molar-refractivity contribution in [2.24, 2.45) is 0 Å². The number of carboxylic acid groups (broad SMARTS) is 1. The highest BCUT2D eigenvalue weighted by Crippen LogP contribution is 2.29. The van der Waals surface area contributed by atoms with Crippen LogP contribution in [-0.4, -0.2) is 60.9 Å². The van der Waals surface area contributed by atoms with Crippen LogP contribution in [-0.2, 0) is 16.0 Å². The Morgan fingerprint density at radius 1 is 1.43 bits per heavy atom. The number of hydrogen-bond donors (Lipinski definition) is 5. The van der Waals surface area contributed by atoms with E-state index in [0.29, 0.717) is 0 Å². The molecule has 1 aromatic rings. The zero-order chi connectivity index (χ0) is 15.7. The van der Waals surface area contributed by atoms with E-state index in [0.717, 1.165) is 10.8 Å². The number of carbonyl (C=O) groups is 1. The Morgan fingerprint density at radius 2 is 2.10 bits per heavy atom. The molecule has 0 spiro atoms. The van der Waals surface area contributed by atoms with Crippen LogP contribution in [0.4, 0.5) is 0 Å². The van der Waals surface area contributed by atoms with Crippen molar-refractivity contribution in [1.82, 2.24) is 9.55 Å². The average molecular weight is 318 g/mol. The third-order valence-electron chi connectivity index (χ3n) is 3.17. The number of H-pyrrole nitrogens is 1. The van der Waals surface area contributed by atoms with Gasteiger partial charge in [0.05, 0.1) is 13.0 Å². The molecule has 1 aromatic heterocycles. The standard InChI is InChI=1S/C11H14N2O7S/c14-3-5-7(17)8(18)10(20-5)13-2-4(1-6(15)16)9(19)12-11(13)21/h2,5,7-8,10,14,17-18H,1,3H2,(H,15,16)(H,12,19,21). The van der Waals surface area contributed by atoms with Crippen molar-refractivity contribution in [3.8, 4) is 0 Å². The second-order valence-corrected chi connectivity index (χ2v) is 5.01. The molecule has 10 heteroatoms. The second-order valence-electron chi connectivity index (χ2n) is 4.62. The van der Waals surface area contributed by atoms with E-state index in [9.17, 15) is 19.8 Å². The van der Waals surface area contributed by atoms with Gasteiger partial charge in [-0.05, 0) is 12.2 Å². The number of hydrogen-bond acceptors (Lipinski definition) is 7. The van der Waals surface area contributed by atoms with Crippen LogP contribution in [0.2, 0.25) is 0 Å². The summed E-state index contributed by atoms with van der Waals surface area (Å²) < 4.78 is 6.34. The van der Waals surface area contributed by atoms with Crippen LogP contribution in [0.25, 0.3) is 0 Å². The number of carboxylic acids is 1. The van der Waals surface area contributed by atoms with Gasteiger partial charge in [0.1, 0.15) is 18.3 Å². The number of ether oxygens (including phenoxy) is 1. The van der Waals surface area contributed by atoms with Gasteiger partial charge in [-0.1, -0.05) is 0 Å². The van der Waals surface area contributed by atoms with E-state index < -0.39 is 49.1 Å². The summed E-state index contributed by atoms with van der Waals surface area (Å²) in [7, 11) is 0. The molecule has 9 nitrogen and oxygen atoms in total. The molecule has 1 fully saturated rings. The molecule has 2 heterocycles. The molecule has 0 aromatic carbocycles. The lowest BCUT2D eigenvalue weighted by Crippen LogP contribution is -2.33. The average Bonchev–Trinajstić information content (AvgIpc) is 2.69. The summed E-state index contributed by atoms with van der Waals surface area (Å²) in [5, 5.41) is 37.4. The molecule has 2 rings (SSSR count). The molecular formula is C11H14N2O7S. The molecule has 0 amide bonds. The predicted molar refractivity (Wildman–Crippen MR) is 70.2 cm³/mol. The number of aromatic nitrogens is 2. The Labute approximate surface area is 123 Å². The van der Waals surface area contributed by atoms with Crippen molar-refractivity contribution in [1.29, 1.82) is 0 Å². The molecule has 0 radical (unpaired) electrons. The number of aliphatic hydroxyl groups excluding tert-OH is 3. The van der Waals surface area contributed by atoms with E-state index in [4.69, 9.17) is 27.2 Å². The molecule has 0 aliphatic carbocycles. The van der Waals surface area contributed by atoms with Gasteiger partial charge in [0.2, 0.25) is 0 Å². The van der Waals surface area contributed by atoms with Crippen molar-refractivity contribution in [2.75, 3.05) is 6.61 Å². The van der Waals surface area contributed by atoms with Gasteiger partial charge in [-0.2, -0.15) is 0 Å². The Balaban J connectivity index is 2.42. The summed E-state index contributed by atoms with van der Waals surface area (Å²) in [6.45, 7) is -0.507. The van der Waals surface area contributed by atoms with E-state index in [2.05, 4.69) is 4.98 Å². The molecule has 1 aliphatic heterocycles. The molecule has 4 unspecified atom stereocenters. The highest BCUT2D eigenvalue weighted by molar-refractivity contribution is 7.71. The van der Waals surface area contributed by atoms with Crippen molar-refractivity contribution in [3.63, 3.8) is 0 Å². The largest absolute Gasteiger partial charge is 0.481 e. The van der Waals surface area contributed by atoms with E-state index in [1.165, 1.54) is 0 Å². The first-order valence-corrected chi connectivity index (χ1v) is 6.44. The number of aliphatic hydroxyl groups is 3. The first kappa shape index (κ1) is 15.8. The maximum absolute atomic E-state index is 11.6. The number of aliphatic carboxylic acids is 1. The molecule has 116 valence electrons. The minimum atomic E-state index is -1.38. The van der Waals surface area contributed by atoms with E-state index in [1.807, 2.05) is 0 Å². The Kier molecular flexibility index (Phi) is 4.54. The lowest BCUT2D eigenvalue weighted by Gasteiger charge is -2.19. The van der Waals surface area contributed by atoms with E-state index in [-0.39, 0.29) is 10.3 Å². The Morgan fingerprint density at radius 3 is 2.62 bits per heavy atom. The van der Waals surface area contributed by atoms with Crippen LogP contribution in [0.1, 0.15) is 11.8 Å². The van der Waals surface area contributed by atoms with Gasteiger partial charge in [0.25, 0.3) is 5.56 Å². The monoisotopic (exact) mass is 318 g/mol. The number of nitrogens with one attached hydrogen (secondary N) is 1. The highest BCUT2D eigenvalue weighted by atomic mass is 32.1. The highest BCUT2D eigenvalue weighted by Gasteiger charge is 2.43. The lowest BCUT2D eigenvalue weighted by atomic mass is 10.1. The van der Waals surface area contributed by atoms with Crippen LogP contribution in [0.15, 0.2) is 11.0 Å². The molecule has 5 N–H and O–H groups in total. The smallest absolute Gasteiger partial charge is 0.308 e. The second kappa shape index (κ2) is 6.03. The van der Waals surface area contributed by atoms with Gasteiger partial charge >= 0.3 is 5.97 Å². The summed E-state index contributed by atoms with van der Waals surface area (Å²) in [4.78, 5) is 24.6. The minimum Gasteiger partial charge on any atom is -0.481 e. The first-order valence-electron chi connectivity index (χ1n) is 6.03. The van der Waals surface area contributed by atoms with Crippen molar-refractivity contribution in [2.45, 2.75) is 31.0 Å². The zero-order valence-electron chi connectivity index (χ0n) is 10.7. The number of aromatic amines is 1. The molecule has 21 heavy (non-hydrogen) atoms. The fraction of sp³-hybridized carbons (Fsp3) is 0.545. The van der Waals surface area contributed by atoms with Gasteiger partial charge in [-0.3, -0.25) is 19.1 Å². The fourth-order valence-corrected chi connectivity index (χ4v) is 2.36. The molecule has 1 saturated heterocycles. The first-order chi connectivity index (χ1) is 9.85. The zero-order valence-corrected chi connectivity index (χ0v) is 11.5. The van der Waals surface area contributed by atoms with Crippen LogP contribution >= 0.6 is 12.2 Å². The third-order valence-corrected chi connectivity index (χ3v) is 3.49. The van der Waals surface area contributed by atoms with Crippen LogP contribution in [0, 0.1) is 4.77 Å². The molecular weight excluding hydrogens is 304 g/mol. The molecule has 4 atom stereocenters. The topological polar surface area (TPSA) is 145 Å². The molecule has 0 saturated carbocycles. The number of nitrogens with zero attached hydrogens (tertiary/aromatic N) is 1.